The molecular formula is C21H26FN3O. The van der Waals surface area contributed by atoms with Crippen LogP contribution in [0.2, 0.25) is 0 Å². The van der Waals surface area contributed by atoms with Gasteiger partial charge in [0.1, 0.15) is 23.8 Å². The van der Waals surface area contributed by atoms with E-state index in [2.05, 4.69) is 24.2 Å². The van der Waals surface area contributed by atoms with Crippen LogP contribution in [0.4, 0.5) is 10.1 Å². The summed E-state index contributed by atoms with van der Waals surface area (Å²) in [4.78, 5) is 4.50. The van der Waals surface area contributed by atoms with Crippen LogP contribution in [0, 0.1) is 33.9 Å². The minimum absolute atomic E-state index is 0.251. The minimum Gasteiger partial charge on any atom is -0.386 e. The second-order valence-electron chi connectivity index (χ2n) is 10.00. The van der Waals surface area contributed by atoms with Crippen LogP contribution in [0.25, 0.3) is 0 Å². The molecule has 4 aliphatic carbocycles. The molecule has 0 radical (unpaired) electrons. The van der Waals surface area contributed by atoms with Gasteiger partial charge in [-0.3, -0.25) is 4.99 Å². The molecule has 4 fully saturated rings. The molecule has 4 saturated carbocycles. The van der Waals surface area contributed by atoms with Crippen LogP contribution in [0.1, 0.15) is 39.2 Å². The molecule has 4 nitrogen and oxygen atoms in total. The van der Waals surface area contributed by atoms with E-state index in [-0.39, 0.29) is 5.82 Å². The Kier molecular flexibility index (Phi) is 2.44. The lowest BCUT2D eigenvalue weighted by Gasteiger charge is -2.31. The summed E-state index contributed by atoms with van der Waals surface area (Å²) in [5.74, 6) is 1.97. The summed E-state index contributed by atoms with van der Waals surface area (Å²) in [6.45, 7) is 7.42. The number of nitrogens with one attached hydrogen (secondary N) is 1. The molecule has 6 rings (SSSR count). The number of amidine groups is 1. The molecule has 1 aromatic rings. The monoisotopic (exact) mass is 355 g/mol. The molecule has 1 heterocycles. The number of hydrogen-bond acceptors (Lipinski definition) is 4. The number of halogens is 1. The number of hydrogen-bond donors (Lipinski definition) is 2. The van der Waals surface area contributed by atoms with Crippen LogP contribution in [0.15, 0.2) is 23.2 Å². The van der Waals surface area contributed by atoms with Crippen LogP contribution in [-0.4, -0.2) is 25.1 Å². The van der Waals surface area contributed by atoms with Gasteiger partial charge in [0, 0.05) is 17.3 Å². The van der Waals surface area contributed by atoms with Crippen LogP contribution in [0.5, 0.6) is 0 Å². The second-order valence-corrected chi connectivity index (χ2v) is 10.00. The number of nitrogens with zero attached hydrogens (tertiary/aromatic N) is 1. The van der Waals surface area contributed by atoms with Crippen molar-refractivity contribution in [3.63, 3.8) is 0 Å². The fraction of sp³-hybridized carbons (Fsp3) is 0.667. The third-order valence-electron chi connectivity index (χ3n) is 8.55. The molecule has 6 atom stereocenters. The highest BCUT2D eigenvalue weighted by atomic mass is 19.1. The van der Waals surface area contributed by atoms with E-state index in [9.17, 15) is 4.39 Å². The predicted molar refractivity (Wildman–Crippen MR) is 98.5 cm³/mol. The lowest BCUT2D eigenvalue weighted by Crippen LogP contribution is -2.38. The summed E-state index contributed by atoms with van der Waals surface area (Å²) in [5, 5.41) is 3.73. The average Bonchev–Trinajstić information content (AvgIpc) is 3.49. The van der Waals surface area contributed by atoms with Gasteiger partial charge in [0.05, 0.1) is 6.61 Å². The molecule has 3 N–H and O–H groups in total. The molecule has 26 heavy (non-hydrogen) atoms. The van der Waals surface area contributed by atoms with Crippen LogP contribution >= 0.6 is 0 Å². The fourth-order valence-electron chi connectivity index (χ4n) is 7.62. The van der Waals surface area contributed by atoms with Crippen molar-refractivity contribution in [3.05, 3.63) is 29.6 Å². The third-order valence-corrected chi connectivity index (χ3v) is 8.55. The number of anilines is 1. The zero-order valence-corrected chi connectivity index (χ0v) is 15.6. The van der Waals surface area contributed by atoms with Crippen molar-refractivity contribution in [2.75, 3.05) is 18.5 Å². The van der Waals surface area contributed by atoms with Gasteiger partial charge >= 0.3 is 0 Å². The summed E-state index contributed by atoms with van der Waals surface area (Å²) < 4.78 is 20.1. The Morgan fingerprint density at radius 2 is 2.08 bits per heavy atom. The van der Waals surface area contributed by atoms with Gasteiger partial charge in [-0.15, -0.1) is 0 Å². The van der Waals surface area contributed by atoms with E-state index in [0.717, 1.165) is 17.5 Å². The zero-order chi connectivity index (χ0) is 18.1. The van der Waals surface area contributed by atoms with E-state index >= 15 is 0 Å². The Labute approximate surface area is 153 Å². The topological polar surface area (TPSA) is 59.6 Å². The van der Waals surface area contributed by atoms with Gasteiger partial charge in [-0.1, -0.05) is 13.8 Å². The molecule has 6 unspecified atom stereocenters. The molecule has 0 amide bonds. The molecule has 5 aliphatic rings. The highest BCUT2D eigenvalue weighted by molar-refractivity contribution is 5.82. The van der Waals surface area contributed by atoms with Gasteiger partial charge in [-0.2, -0.15) is 0 Å². The average molecular weight is 355 g/mol. The fourth-order valence-corrected chi connectivity index (χ4v) is 7.62. The van der Waals surface area contributed by atoms with E-state index in [4.69, 9.17) is 10.5 Å². The molecule has 0 bridgehead atoms. The SMILES string of the molecule is CC1(c2cc(NC3CC45C(C4(C)C)C54CC34)ccc2F)COCC(N)=N1. The first-order chi connectivity index (χ1) is 12.3. The maximum absolute atomic E-state index is 14.6. The molecule has 2 spiro atoms. The molecule has 0 saturated heterocycles. The van der Waals surface area contributed by atoms with Crippen molar-refractivity contribution in [1.82, 2.24) is 0 Å². The molecular weight excluding hydrogens is 329 g/mol. The summed E-state index contributed by atoms with van der Waals surface area (Å²) in [6, 6.07) is 5.83. The van der Waals surface area contributed by atoms with E-state index in [1.54, 1.807) is 6.07 Å². The normalized spacial score (nSPS) is 48.8. The second kappa shape index (κ2) is 4.11. The highest BCUT2D eigenvalue weighted by Crippen LogP contribution is 3.11. The van der Waals surface area contributed by atoms with Gasteiger partial charge in [0.2, 0.25) is 0 Å². The smallest absolute Gasteiger partial charge is 0.129 e. The highest BCUT2D eigenvalue weighted by Gasteiger charge is 3.07. The number of nitrogens with two attached hydrogens (primary N) is 1. The Morgan fingerprint density at radius 1 is 1.27 bits per heavy atom. The van der Waals surface area contributed by atoms with Gasteiger partial charge in [-0.25, -0.2) is 4.39 Å². The number of ether oxygens (including phenoxy) is 1. The summed E-state index contributed by atoms with van der Waals surface area (Å²) in [5.41, 5.74) is 8.47. The predicted octanol–water partition coefficient (Wildman–Crippen LogP) is 3.27. The van der Waals surface area contributed by atoms with Crippen LogP contribution in [0.3, 0.4) is 0 Å². The van der Waals surface area contributed by atoms with E-state index in [0.29, 0.717) is 46.9 Å². The standard InChI is InChI=1S/C21H26FN3O/c1-18(2)17-20-7-13(20)15(8-21(17,18)20)24-11-4-5-14(22)12(6-11)19(3)10-26-9-16(23)25-19/h4-6,13,15,17,24H,7-10H2,1-3H3,(H2,23,25). The number of rotatable bonds is 3. The van der Waals surface area contributed by atoms with Gasteiger partial charge in [0.25, 0.3) is 0 Å². The van der Waals surface area contributed by atoms with Crippen LogP contribution < -0.4 is 11.1 Å². The van der Waals surface area contributed by atoms with Crippen molar-refractivity contribution in [3.8, 4) is 0 Å². The maximum atomic E-state index is 14.6. The van der Waals surface area contributed by atoms with Gasteiger partial charge in [-0.05, 0) is 66.0 Å². The third kappa shape index (κ3) is 1.47. The molecule has 1 aliphatic heterocycles. The van der Waals surface area contributed by atoms with Gasteiger partial charge < -0.3 is 15.8 Å². The minimum atomic E-state index is -0.759. The largest absolute Gasteiger partial charge is 0.386 e. The maximum Gasteiger partial charge on any atom is 0.129 e. The van der Waals surface area contributed by atoms with Crippen molar-refractivity contribution in [2.45, 2.75) is 45.2 Å². The number of benzene rings is 1. The Bertz CT molecular complexity index is 882. The summed E-state index contributed by atoms with van der Waals surface area (Å²) >= 11 is 0. The van der Waals surface area contributed by atoms with Gasteiger partial charge in [0.15, 0.2) is 0 Å². The summed E-state index contributed by atoms with van der Waals surface area (Å²) in [6.07, 6.45) is 2.66. The quantitative estimate of drug-likeness (QED) is 0.875. The number of aliphatic imine (C=N–C) groups is 1. The van der Waals surface area contributed by atoms with Crippen LogP contribution in [-0.2, 0) is 10.3 Å². The first-order valence-corrected chi connectivity index (χ1v) is 9.75. The molecule has 1 aromatic carbocycles. The van der Waals surface area contributed by atoms with E-state index in [1.165, 1.54) is 12.8 Å². The summed E-state index contributed by atoms with van der Waals surface area (Å²) in [7, 11) is 0. The zero-order valence-electron chi connectivity index (χ0n) is 15.6. The van der Waals surface area contributed by atoms with E-state index < -0.39 is 5.54 Å². The van der Waals surface area contributed by atoms with Crippen molar-refractivity contribution < 1.29 is 9.13 Å². The van der Waals surface area contributed by atoms with Crippen molar-refractivity contribution in [1.29, 1.82) is 0 Å². The molecule has 5 heteroatoms. The first kappa shape index (κ1) is 15.4. The molecule has 0 aromatic heterocycles. The Hall–Kier alpha value is -1.62. The lowest BCUT2D eigenvalue weighted by molar-refractivity contribution is 0.104. The van der Waals surface area contributed by atoms with E-state index in [1.807, 2.05) is 19.1 Å². The first-order valence-electron chi connectivity index (χ1n) is 9.75. The van der Waals surface area contributed by atoms with Crippen molar-refractivity contribution >= 4 is 11.5 Å². The Balaban J connectivity index is 1.27. The Morgan fingerprint density at radius 3 is 2.77 bits per heavy atom. The lowest BCUT2D eigenvalue weighted by atomic mass is 9.83. The molecule has 138 valence electrons. The van der Waals surface area contributed by atoms with Crippen molar-refractivity contribution in [2.24, 2.45) is 38.8 Å².